The van der Waals surface area contributed by atoms with Gasteiger partial charge in [-0.25, -0.2) is 4.79 Å². The topological polar surface area (TPSA) is 113 Å². The average Bonchev–Trinajstić information content (AvgIpc) is 2.92. The number of rotatable bonds is 9. The quantitative estimate of drug-likeness (QED) is 0.247. The molecule has 2 aliphatic rings. The van der Waals surface area contributed by atoms with Crippen LogP contribution in [0.4, 0.5) is 5.69 Å². The number of hydrogen-bond acceptors (Lipinski definition) is 7. The summed E-state index contributed by atoms with van der Waals surface area (Å²) in [6, 6.07) is 15.3. The Bertz CT molecular complexity index is 1230. The summed E-state index contributed by atoms with van der Waals surface area (Å²) in [7, 11) is 0. The van der Waals surface area contributed by atoms with Crippen LogP contribution in [0.1, 0.15) is 52.4 Å². The number of carbonyl (C=O) groups is 1. The molecular weight excluding hydrogens is 577 g/mol. The van der Waals surface area contributed by atoms with Gasteiger partial charge < -0.3 is 30.3 Å². The van der Waals surface area contributed by atoms with E-state index in [4.69, 9.17) is 9.47 Å². The van der Waals surface area contributed by atoms with Crippen LogP contribution in [-0.2, 0) is 17.6 Å². The number of carboxylic acid groups (broad SMARTS) is 1. The molecule has 218 valence electrons. The van der Waals surface area contributed by atoms with Gasteiger partial charge in [0.2, 0.25) is 0 Å². The molecule has 1 aliphatic carbocycles. The maximum Gasteiger partial charge on any atom is 0.335 e. The molecule has 8 nitrogen and oxygen atoms in total. The van der Waals surface area contributed by atoms with Gasteiger partial charge in [0.1, 0.15) is 11.5 Å². The van der Waals surface area contributed by atoms with Crippen LogP contribution < -0.4 is 15.4 Å². The van der Waals surface area contributed by atoms with Crippen molar-refractivity contribution in [3.05, 3.63) is 83.2 Å². The number of aliphatic hydroxyl groups excluding tert-OH is 1. The van der Waals surface area contributed by atoms with Crippen LogP contribution in [0, 0.1) is 0 Å². The van der Waals surface area contributed by atoms with Crippen molar-refractivity contribution in [2.45, 2.75) is 50.3 Å². The van der Waals surface area contributed by atoms with E-state index in [9.17, 15) is 15.0 Å². The van der Waals surface area contributed by atoms with Crippen molar-refractivity contribution >= 4 is 48.9 Å². The highest BCUT2D eigenvalue weighted by atomic mass is 35.5. The second kappa shape index (κ2) is 16.0. The summed E-state index contributed by atoms with van der Waals surface area (Å²) < 4.78 is 11.6. The van der Waals surface area contributed by atoms with Crippen LogP contribution in [0.25, 0.3) is 0 Å². The van der Waals surface area contributed by atoms with Gasteiger partial charge in [-0.3, -0.25) is 4.98 Å². The van der Waals surface area contributed by atoms with Crippen LogP contribution in [-0.4, -0.2) is 53.0 Å². The molecule has 0 bridgehead atoms. The third-order valence-corrected chi connectivity index (χ3v) is 7.06. The number of carboxylic acids is 1. The normalized spacial score (nSPS) is 17.2. The summed E-state index contributed by atoms with van der Waals surface area (Å²) >= 11 is 0. The highest BCUT2D eigenvalue weighted by Crippen LogP contribution is 2.31. The largest absolute Gasteiger partial charge is 0.478 e. The molecule has 11 heteroatoms. The number of fused-ring (bicyclic) bond motifs is 1. The summed E-state index contributed by atoms with van der Waals surface area (Å²) in [5.41, 5.74) is 4.21. The number of halogens is 3. The lowest BCUT2D eigenvalue weighted by Gasteiger charge is -2.27. The second-order valence-electron chi connectivity index (χ2n) is 9.76. The number of pyridine rings is 1. The van der Waals surface area contributed by atoms with E-state index in [1.54, 1.807) is 24.5 Å². The summed E-state index contributed by atoms with van der Waals surface area (Å²) in [5, 5.41) is 27.0. The molecular formula is C29H36Cl3N3O5. The third-order valence-electron chi connectivity index (χ3n) is 7.06. The standard InChI is InChI=1S/C29H33N3O5.3ClH/c33-28(20-2-1-9-30-17-20)18-31-24-5-3-19-4-6-26(14-21(19)12-24)37-27-15-22(29(34)35)13-25(16-27)32-23-7-10-36-11-8-23;;;/h1-2,4,6,9,13-17,23-24,28,31-33H,3,5,7-8,10-12,18H2,(H,34,35);3*1H/t24-,28+;;;/m0.../s1. The first-order valence-corrected chi connectivity index (χ1v) is 12.9. The number of nitrogens with zero attached hydrogens (tertiary/aromatic N) is 1. The smallest absolute Gasteiger partial charge is 0.335 e. The highest BCUT2D eigenvalue weighted by molar-refractivity contribution is 5.89. The van der Waals surface area contributed by atoms with E-state index in [1.807, 2.05) is 30.3 Å². The number of nitrogens with one attached hydrogen (secondary N) is 2. The number of aromatic nitrogens is 1. The molecule has 1 aliphatic heterocycles. The van der Waals surface area contributed by atoms with Gasteiger partial charge in [-0.2, -0.15) is 0 Å². The van der Waals surface area contributed by atoms with Gasteiger partial charge in [-0.15, -0.1) is 37.2 Å². The third kappa shape index (κ3) is 8.96. The Labute approximate surface area is 253 Å². The number of anilines is 1. The predicted molar refractivity (Wildman–Crippen MR) is 162 cm³/mol. The summed E-state index contributed by atoms with van der Waals surface area (Å²) in [6.07, 6.45) is 7.32. The number of aryl methyl sites for hydroxylation is 1. The minimum atomic E-state index is -0.992. The fourth-order valence-electron chi connectivity index (χ4n) is 5.02. The van der Waals surface area contributed by atoms with Gasteiger partial charge in [0.15, 0.2) is 0 Å². The SMILES string of the molecule is Cl.Cl.Cl.O=C(O)c1cc(NC2CCOCC2)cc(Oc2ccc3c(c2)C[C@@H](NC[C@@H](O)c2cccnc2)CC3)c1. The number of hydrogen-bond donors (Lipinski definition) is 4. The molecule has 4 N–H and O–H groups in total. The second-order valence-corrected chi connectivity index (χ2v) is 9.76. The fourth-order valence-corrected chi connectivity index (χ4v) is 5.02. The molecule has 0 radical (unpaired) electrons. The van der Waals surface area contributed by atoms with Crippen LogP contribution in [0.3, 0.4) is 0 Å². The molecule has 0 saturated carbocycles. The van der Waals surface area contributed by atoms with Crippen molar-refractivity contribution < 1.29 is 24.5 Å². The van der Waals surface area contributed by atoms with Crippen molar-refractivity contribution in [2.24, 2.45) is 0 Å². The van der Waals surface area contributed by atoms with Crippen LogP contribution in [0.2, 0.25) is 0 Å². The minimum absolute atomic E-state index is 0. The molecule has 1 aromatic heterocycles. The zero-order valence-electron chi connectivity index (χ0n) is 22.0. The molecule has 0 amide bonds. The van der Waals surface area contributed by atoms with Crippen molar-refractivity contribution in [3.63, 3.8) is 0 Å². The van der Waals surface area contributed by atoms with E-state index >= 15 is 0 Å². The first-order chi connectivity index (χ1) is 18.0. The molecule has 2 aromatic carbocycles. The number of aliphatic hydroxyl groups is 1. The van der Waals surface area contributed by atoms with Gasteiger partial charge in [0, 0.05) is 61.6 Å². The summed E-state index contributed by atoms with van der Waals surface area (Å²) in [4.78, 5) is 15.8. The first-order valence-electron chi connectivity index (χ1n) is 12.9. The van der Waals surface area contributed by atoms with Gasteiger partial charge in [-0.1, -0.05) is 12.1 Å². The van der Waals surface area contributed by atoms with E-state index in [-0.39, 0.29) is 54.9 Å². The van der Waals surface area contributed by atoms with Gasteiger partial charge in [0.25, 0.3) is 0 Å². The number of aromatic carboxylic acids is 1. The Hall–Kier alpha value is -2.59. The van der Waals surface area contributed by atoms with Crippen LogP contribution >= 0.6 is 37.2 Å². The molecule has 1 saturated heterocycles. The Morgan fingerprint density at radius 2 is 1.80 bits per heavy atom. The van der Waals surface area contributed by atoms with E-state index in [2.05, 4.69) is 21.7 Å². The Kier molecular flexibility index (Phi) is 13.4. The molecule has 1 fully saturated rings. The maximum absolute atomic E-state index is 11.7. The van der Waals surface area contributed by atoms with Gasteiger partial charge in [-0.05, 0) is 73.6 Å². The summed E-state index contributed by atoms with van der Waals surface area (Å²) in [5.74, 6) is 0.169. The van der Waals surface area contributed by atoms with Crippen LogP contribution in [0.5, 0.6) is 11.5 Å². The van der Waals surface area contributed by atoms with E-state index in [0.717, 1.165) is 43.4 Å². The van der Waals surface area contributed by atoms with E-state index in [1.165, 1.54) is 11.1 Å². The van der Waals surface area contributed by atoms with E-state index < -0.39 is 12.1 Å². The highest BCUT2D eigenvalue weighted by Gasteiger charge is 2.21. The molecule has 3 aromatic rings. The zero-order chi connectivity index (χ0) is 25.6. The van der Waals surface area contributed by atoms with Crippen molar-refractivity contribution in [2.75, 3.05) is 25.1 Å². The van der Waals surface area contributed by atoms with Gasteiger partial charge >= 0.3 is 5.97 Å². The Balaban J connectivity index is 0.00000187. The molecule has 5 rings (SSSR count). The van der Waals surface area contributed by atoms with E-state index in [0.29, 0.717) is 31.3 Å². The Morgan fingerprint density at radius 3 is 2.52 bits per heavy atom. The minimum Gasteiger partial charge on any atom is -0.478 e. The lowest BCUT2D eigenvalue weighted by Crippen LogP contribution is -2.37. The van der Waals surface area contributed by atoms with Crippen molar-refractivity contribution in [1.82, 2.24) is 10.3 Å². The number of ether oxygens (including phenoxy) is 2. The lowest BCUT2D eigenvalue weighted by atomic mass is 9.88. The number of benzene rings is 2. The lowest BCUT2D eigenvalue weighted by molar-refractivity contribution is 0.0696. The molecule has 2 heterocycles. The monoisotopic (exact) mass is 611 g/mol. The first kappa shape index (κ1) is 33.6. The van der Waals surface area contributed by atoms with Crippen molar-refractivity contribution in [1.29, 1.82) is 0 Å². The predicted octanol–water partition coefficient (Wildman–Crippen LogP) is 5.61. The molecule has 0 spiro atoms. The van der Waals surface area contributed by atoms with Crippen LogP contribution in [0.15, 0.2) is 60.9 Å². The zero-order valence-corrected chi connectivity index (χ0v) is 24.4. The fraction of sp³-hybridized carbons (Fsp3) is 0.379. The molecule has 0 unspecified atom stereocenters. The van der Waals surface area contributed by atoms with Crippen molar-refractivity contribution in [3.8, 4) is 11.5 Å². The summed E-state index contributed by atoms with van der Waals surface area (Å²) in [6.45, 7) is 1.87. The molecule has 40 heavy (non-hydrogen) atoms. The molecule has 2 atom stereocenters. The van der Waals surface area contributed by atoms with Gasteiger partial charge in [0.05, 0.1) is 11.7 Å². The maximum atomic E-state index is 11.7. The Morgan fingerprint density at radius 1 is 1.00 bits per heavy atom. The average molecular weight is 613 g/mol.